The third-order valence-corrected chi connectivity index (χ3v) is 2.59. The van der Waals surface area contributed by atoms with Crippen LogP contribution in [0.4, 0.5) is 0 Å². The fraction of sp³-hybridized carbons (Fsp3) is 0.846. The van der Waals surface area contributed by atoms with Crippen LogP contribution in [0.15, 0.2) is 10.7 Å². The molecule has 2 nitrogen and oxygen atoms in total. The fourth-order valence-corrected chi connectivity index (χ4v) is 1.73. The van der Waals surface area contributed by atoms with Gasteiger partial charge in [0.05, 0.1) is 0 Å². The maximum Gasteiger partial charge on any atom is 0.0274 e. The van der Waals surface area contributed by atoms with E-state index in [1.54, 1.807) is 0 Å². The van der Waals surface area contributed by atoms with Gasteiger partial charge in [-0.05, 0) is 30.0 Å². The Labute approximate surface area is 94.1 Å². The smallest absolute Gasteiger partial charge is 0.0274 e. The summed E-state index contributed by atoms with van der Waals surface area (Å²) in [6, 6.07) is 0. The van der Waals surface area contributed by atoms with Crippen LogP contribution in [0.2, 0.25) is 0 Å². The minimum atomic E-state index is 1.01. The molecule has 0 bridgehead atoms. The lowest BCUT2D eigenvalue weighted by Crippen LogP contribution is -1.86. The van der Waals surface area contributed by atoms with Crippen molar-refractivity contribution in [1.82, 2.24) is 0 Å². The van der Waals surface area contributed by atoms with Gasteiger partial charge in [-0.2, -0.15) is 0 Å². The van der Waals surface area contributed by atoms with Gasteiger partial charge in [-0.3, -0.25) is 0 Å². The van der Waals surface area contributed by atoms with Crippen molar-refractivity contribution < 1.29 is 5.21 Å². The average molecular weight is 211 g/mol. The SMILES string of the molecule is CCCCCCCCC(=C=NO)CCC. The van der Waals surface area contributed by atoms with Gasteiger partial charge in [-0.25, -0.2) is 0 Å². The predicted octanol–water partition coefficient (Wildman–Crippen LogP) is 4.52. The zero-order valence-corrected chi connectivity index (χ0v) is 10.3. The fourth-order valence-electron chi connectivity index (χ4n) is 1.73. The minimum Gasteiger partial charge on any atom is -0.404 e. The number of nitrogens with zero attached hydrogens (tertiary/aromatic N) is 1. The highest BCUT2D eigenvalue weighted by Gasteiger charge is 1.96. The van der Waals surface area contributed by atoms with E-state index >= 15 is 0 Å². The molecule has 1 N–H and O–H groups in total. The van der Waals surface area contributed by atoms with Gasteiger partial charge < -0.3 is 5.21 Å². The molecule has 0 fully saturated rings. The molecule has 2 heteroatoms. The summed E-state index contributed by atoms with van der Waals surface area (Å²) in [5.41, 5.74) is 1.16. The Morgan fingerprint density at radius 1 is 0.933 bits per heavy atom. The largest absolute Gasteiger partial charge is 0.404 e. The first-order valence-corrected chi connectivity index (χ1v) is 6.29. The van der Waals surface area contributed by atoms with Crippen LogP contribution in [-0.2, 0) is 0 Å². The summed E-state index contributed by atoms with van der Waals surface area (Å²) in [5.74, 6) is 2.68. The van der Waals surface area contributed by atoms with Gasteiger partial charge >= 0.3 is 0 Å². The topological polar surface area (TPSA) is 32.6 Å². The maximum absolute atomic E-state index is 8.43. The first-order chi connectivity index (χ1) is 7.35. The molecule has 0 heterocycles. The van der Waals surface area contributed by atoms with Crippen LogP contribution in [0.3, 0.4) is 0 Å². The number of rotatable bonds is 9. The van der Waals surface area contributed by atoms with Crippen molar-refractivity contribution in [2.45, 2.75) is 71.6 Å². The molecule has 0 saturated carbocycles. The van der Waals surface area contributed by atoms with Crippen LogP contribution in [-0.4, -0.2) is 11.1 Å². The molecule has 0 saturated heterocycles. The Hall–Kier alpha value is -0.750. The van der Waals surface area contributed by atoms with Crippen molar-refractivity contribution in [3.63, 3.8) is 0 Å². The first-order valence-electron chi connectivity index (χ1n) is 6.29. The van der Waals surface area contributed by atoms with Crippen LogP contribution in [0.5, 0.6) is 0 Å². The molecule has 88 valence electrons. The Balaban J connectivity index is 3.50. The summed E-state index contributed by atoms with van der Waals surface area (Å²) in [4.78, 5) is 0. The van der Waals surface area contributed by atoms with Crippen molar-refractivity contribution in [3.05, 3.63) is 5.57 Å². The summed E-state index contributed by atoms with van der Waals surface area (Å²) in [6.07, 6.45) is 11.0. The zero-order valence-electron chi connectivity index (χ0n) is 10.3. The Morgan fingerprint density at radius 2 is 1.60 bits per heavy atom. The minimum absolute atomic E-state index is 1.01. The summed E-state index contributed by atoms with van der Waals surface area (Å²) >= 11 is 0. The van der Waals surface area contributed by atoms with Gasteiger partial charge in [0.1, 0.15) is 0 Å². The average Bonchev–Trinajstić information content (AvgIpc) is 2.24. The van der Waals surface area contributed by atoms with E-state index < -0.39 is 0 Å². The highest BCUT2D eigenvalue weighted by atomic mass is 16.4. The van der Waals surface area contributed by atoms with Gasteiger partial charge in [0.2, 0.25) is 0 Å². The summed E-state index contributed by atoms with van der Waals surface area (Å²) < 4.78 is 0. The molecule has 0 rings (SSSR count). The van der Waals surface area contributed by atoms with Crippen LogP contribution >= 0.6 is 0 Å². The van der Waals surface area contributed by atoms with Gasteiger partial charge in [0.25, 0.3) is 0 Å². The van der Waals surface area contributed by atoms with Crippen molar-refractivity contribution in [3.8, 4) is 0 Å². The summed E-state index contributed by atoms with van der Waals surface area (Å²) in [6.45, 7) is 4.38. The normalized spacial score (nSPS) is 9.73. The molecule has 0 radical (unpaired) electrons. The molecule has 0 aliphatic rings. The molecule has 0 aromatic heterocycles. The third-order valence-electron chi connectivity index (χ3n) is 2.59. The lowest BCUT2D eigenvalue weighted by molar-refractivity contribution is 0.322. The van der Waals surface area contributed by atoms with Crippen LogP contribution < -0.4 is 0 Å². The quantitative estimate of drug-likeness (QED) is 0.258. The Bertz CT molecular complexity index is 193. The van der Waals surface area contributed by atoms with E-state index in [-0.39, 0.29) is 0 Å². The monoisotopic (exact) mass is 211 g/mol. The highest BCUT2D eigenvalue weighted by molar-refractivity contribution is 5.56. The van der Waals surface area contributed by atoms with Crippen molar-refractivity contribution in [1.29, 1.82) is 0 Å². The van der Waals surface area contributed by atoms with Gasteiger partial charge in [-0.1, -0.05) is 52.4 Å². The van der Waals surface area contributed by atoms with E-state index in [1.807, 2.05) is 0 Å². The van der Waals surface area contributed by atoms with Crippen LogP contribution in [0, 0.1) is 0 Å². The molecule has 0 unspecified atom stereocenters. The second-order valence-electron chi connectivity index (χ2n) is 4.08. The van der Waals surface area contributed by atoms with E-state index in [9.17, 15) is 0 Å². The van der Waals surface area contributed by atoms with Gasteiger partial charge in [0.15, 0.2) is 0 Å². The molecule has 0 aliphatic heterocycles. The second-order valence-corrected chi connectivity index (χ2v) is 4.08. The van der Waals surface area contributed by atoms with E-state index in [1.165, 1.54) is 38.5 Å². The standard InChI is InChI=1S/C13H25NO/c1-3-5-6-7-8-9-11-13(10-4-2)12-14-15/h15H,3-11H2,1-2H3. The zero-order chi connectivity index (χ0) is 11.4. The van der Waals surface area contributed by atoms with E-state index in [0.29, 0.717) is 0 Å². The number of hydrogen-bond donors (Lipinski definition) is 1. The second kappa shape index (κ2) is 11.3. The molecule has 0 aliphatic carbocycles. The van der Waals surface area contributed by atoms with Gasteiger partial charge in [-0.15, -0.1) is 0 Å². The van der Waals surface area contributed by atoms with Crippen LogP contribution in [0.25, 0.3) is 0 Å². The van der Waals surface area contributed by atoms with Crippen molar-refractivity contribution in [2.24, 2.45) is 5.16 Å². The molecule has 0 spiro atoms. The Kier molecular flexibility index (Phi) is 10.8. The lowest BCUT2D eigenvalue weighted by atomic mass is 10.0. The lowest BCUT2D eigenvalue weighted by Gasteiger charge is -2.02. The third kappa shape index (κ3) is 9.55. The van der Waals surface area contributed by atoms with Crippen LogP contribution in [0.1, 0.15) is 71.6 Å². The maximum atomic E-state index is 8.43. The molecule has 15 heavy (non-hydrogen) atoms. The predicted molar refractivity (Wildman–Crippen MR) is 65.6 cm³/mol. The van der Waals surface area contributed by atoms with Crippen molar-refractivity contribution in [2.75, 3.05) is 0 Å². The molecular formula is C13H25NO. The highest BCUT2D eigenvalue weighted by Crippen LogP contribution is 2.13. The summed E-state index contributed by atoms with van der Waals surface area (Å²) in [5, 5.41) is 11.4. The molecule has 0 aromatic rings. The molecule has 0 aromatic carbocycles. The molecular weight excluding hydrogens is 186 g/mol. The van der Waals surface area contributed by atoms with Crippen molar-refractivity contribution >= 4 is 5.87 Å². The Morgan fingerprint density at radius 3 is 2.20 bits per heavy atom. The van der Waals surface area contributed by atoms with E-state index in [0.717, 1.165) is 24.8 Å². The summed E-state index contributed by atoms with van der Waals surface area (Å²) in [7, 11) is 0. The number of unbranched alkanes of at least 4 members (excludes halogenated alkanes) is 5. The number of hydrogen-bond acceptors (Lipinski definition) is 2. The van der Waals surface area contributed by atoms with E-state index in [2.05, 4.69) is 24.9 Å². The molecule has 0 amide bonds. The van der Waals surface area contributed by atoms with Gasteiger partial charge in [0, 0.05) is 5.87 Å². The van der Waals surface area contributed by atoms with E-state index in [4.69, 9.17) is 5.21 Å². The first kappa shape index (κ1) is 14.2. The number of allylic oxidation sites excluding steroid dienone is 1. The molecule has 0 atom stereocenters.